The van der Waals surface area contributed by atoms with Gasteiger partial charge in [-0.25, -0.2) is 4.79 Å². The highest BCUT2D eigenvalue weighted by Gasteiger charge is 2.14. The summed E-state index contributed by atoms with van der Waals surface area (Å²) >= 11 is 0. The molecule has 0 aliphatic carbocycles. The molecule has 2 aromatic carbocycles. The van der Waals surface area contributed by atoms with Gasteiger partial charge in [-0.15, -0.1) is 0 Å². The Balaban J connectivity index is 1.92. The number of hydrogen-bond acceptors (Lipinski definition) is 3. The monoisotopic (exact) mass is 313 g/mol. The molecule has 0 aromatic heterocycles. The van der Waals surface area contributed by atoms with Crippen LogP contribution in [0.15, 0.2) is 42.5 Å². The molecule has 2 rings (SSSR count). The van der Waals surface area contributed by atoms with E-state index < -0.39 is 4.92 Å². The molecule has 2 amide bonds. The summed E-state index contributed by atoms with van der Waals surface area (Å²) in [6.07, 6.45) is 0.730. The van der Waals surface area contributed by atoms with Crippen LogP contribution in [-0.4, -0.2) is 17.5 Å². The number of hydrogen-bond donors (Lipinski definition) is 2. The molecular formula is C17H19N3O3. The molecule has 0 radical (unpaired) electrons. The van der Waals surface area contributed by atoms with Crippen LogP contribution in [0, 0.1) is 24.0 Å². The second-order valence-electron chi connectivity index (χ2n) is 5.26. The van der Waals surface area contributed by atoms with Crippen molar-refractivity contribution in [3.05, 3.63) is 69.3 Å². The van der Waals surface area contributed by atoms with Gasteiger partial charge in [0.25, 0.3) is 5.69 Å². The molecule has 0 aliphatic heterocycles. The van der Waals surface area contributed by atoms with Crippen molar-refractivity contribution in [3.63, 3.8) is 0 Å². The maximum Gasteiger partial charge on any atom is 0.319 e. The maximum absolute atomic E-state index is 11.9. The van der Waals surface area contributed by atoms with Crippen molar-refractivity contribution in [1.29, 1.82) is 0 Å². The Labute approximate surface area is 134 Å². The minimum Gasteiger partial charge on any atom is -0.338 e. The number of nitrogens with one attached hydrogen (secondary N) is 2. The smallest absolute Gasteiger partial charge is 0.319 e. The standard InChI is InChI=1S/C17H19N3O3/c1-12-6-3-4-7-14(12)10-11-18-17(21)19-15-8-5-9-16(13(15)2)20(22)23/h3-9H,10-11H2,1-2H3,(H2,18,19,21). The molecule has 0 saturated carbocycles. The van der Waals surface area contributed by atoms with E-state index in [2.05, 4.69) is 10.6 Å². The van der Waals surface area contributed by atoms with Gasteiger partial charge in [-0.05, 0) is 37.5 Å². The third kappa shape index (κ3) is 4.29. The van der Waals surface area contributed by atoms with Crippen LogP contribution < -0.4 is 10.6 Å². The van der Waals surface area contributed by atoms with Crippen LogP contribution in [-0.2, 0) is 6.42 Å². The second kappa shape index (κ2) is 7.40. The predicted molar refractivity (Wildman–Crippen MR) is 89.7 cm³/mol. The first-order valence-electron chi connectivity index (χ1n) is 7.32. The number of nitro groups is 1. The molecule has 0 saturated heterocycles. The van der Waals surface area contributed by atoms with Gasteiger partial charge in [0.05, 0.1) is 16.2 Å². The number of nitro benzene ring substituents is 1. The molecule has 0 spiro atoms. The van der Waals surface area contributed by atoms with Crippen LogP contribution >= 0.6 is 0 Å². The van der Waals surface area contributed by atoms with E-state index in [1.54, 1.807) is 19.1 Å². The van der Waals surface area contributed by atoms with E-state index in [0.717, 1.165) is 6.42 Å². The van der Waals surface area contributed by atoms with Crippen LogP contribution in [0.5, 0.6) is 0 Å². The fourth-order valence-electron chi connectivity index (χ4n) is 2.32. The molecule has 0 aliphatic rings. The summed E-state index contributed by atoms with van der Waals surface area (Å²) in [7, 11) is 0. The zero-order chi connectivity index (χ0) is 16.8. The summed E-state index contributed by atoms with van der Waals surface area (Å²) in [5.74, 6) is 0. The van der Waals surface area contributed by atoms with Crippen molar-refractivity contribution >= 4 is 17.4 Å². The number of aryl methyl sites for hydroxylation is 1. The molecule has 0 bridgehead atoms. The van der Waals surface area contributed by atoms with Crippen LogP contribution in [0.2, 0.25) is 0 Å². The van der Waals surface area contributed by atoms with Gasteiger partial charge in [0.1, 0.15) is 0 Å². The third-order valence-corrected chi connectivity index (χ3v) is 3.69. The van der Waals surface area contributed by atoms with E-state index in [9.17, 15) is 14.9 Å². The second-order valence-corrected chi connectivity index (χ2v) is 5.26. The van der Waals surface area contributed by atoms with Crippen molar-refractivity contribution in [2.45, 2.75) is 20.3 Å². The Bertz CT molecular complexity index is 729. The maximum atomic E-state index is 11.9. The van der Waals surface area contributed by atoms with Gasteiger partial charge in [-0.3, -0.25) is 10.1 Å². The third-order valence-electron chi connectivity index (χ3n) is 3.69. The highest BCUT2D eigenvalue weighted by molar-refractivity contribution is 5.90. The number of anilines is 1. The lowest BCUT2D eigenvalue weighted by molar-refractivity contribution is -0.385. The Morgan fingerprint density at radius 1 is 1.13 bits per heavy atom. The molecule has 2 aromatic rings. The van der Waals surface area contributed by atoms with Gasteiger partial charge < -0.3 is 10.6 Å². The van der Waals surface area contributed by atoms with E-state index in [1.165, 1.54) is 17.2 Å². The average Bonchev–Trinajstić information content (AvgIpc) is 2.51. The molecular weight excluding hydrogens is 294 g/mol. The molecule has 120 valence electrons. The number of carbonyl (C=O) groups excluding carboxylic acids is 1. The van der Waals surface area contributed by atoms with Crippen molar-refractivity contribution in [3.8, 4) is 0 Å². The lowest BCUT2D eigenvalue weighted by Crippen LogP contribution is -2.30. The van der Waals surface area contributed by atoms with Crippen molar-refractivity contribution in [2.24, 2.45) is 0 Å². The highest BCUT2D eigenvalue weighted by atomic mass is 16.6. The van der Waals surface area contributed by atoms with Gasteiger partial charge in [0.2, 0.25) is 0 Å². The Morgan fingerprint density at radius 3 is 2.57 bits per heavy atom. The number of amides is 2. The molecule has 0 atom stereocenters. The zero-order valence-corrected chi connectivity index (χ0v) is 13.1. The van der Waals surface area contributed by atoms with Crippen LogP contribution in [0.4, 0.5) is 16.2 Å². The number of rotatable bonds is 5. The summed E-state index contributed by atoms with van der Waals surface area (Å²) < 4.78 is 0. The summed E-state index contributed by atoms with van der Waals surface area (Å²) in [4.78, 5) is 22.4. The van der Waals surface area contributed by atoms with Gasteiger partial charge in [0.15, 0.2) is 0 Å². The van der Waals surface area contributed by atoms with Crippen molar-refractivity contribution in [2.75, 3.05) is 11.9 Å². The van der Waals surface area contributed by atoms with Crippen molar-refractivity contribution in [1.82, 2.24) is 5.32 Å². The van der Waals surface area contributed by atoms with Gasteiger partial charge in [-0.2, -0.15) is 0 Å². The average molecular weight is 313 g/mol. The Hall–Kier alpha value is -2.89. The van der Waals surface area contributed by atoms with E-state index in [-0.39, 0.29) is 11.7 Å². The topological polar surface area (TPSA) is 84.3 Å². The summed E-state index contributed by atoms with van der Waals surface area (Å²) in [6, 6.07) is 12.2. The fourth-order valence-corrected chi connectivity index (χ4v) is 2.32. The summed E-state index contributed by atoms with van der Waals surface area (Å²) in [5.41, 5.74) is 3.23. The predicted octanol–water partition coefficient (Wildman–Crippen LogP) is 3.58. The number of carbonyl (C=O) groups is 1. The summed E-state index contributed by atoms with van der Waals surface area (Å²) in [5, 5.41) is 16.3. The van der Waals surface area contributed by atoms with E-state index in [1.807, 2.05) is 31.2 Å². The molecule has 6 heteroatoms. The van der Waals surface area contributed by atoms with Gasteiger partial charge >= 0.3 is 6.03 Å². The molecule has 0 unspecified atom stereocenters. The van der Waals surface area contributed by atoms with Crippen LogP contribution in [0.1, 0.15) is 16.7 Å². The Kier molecular flexibility index (Phi) is 5.30. The number of urea groups is 1. The Morgan fingerprint density at radius 2 is 1.87 bits per heavy atom. The van der Waals surface area contributed by atoms with E-state index >= 15 is 0 Å². The largest absolute Gasteiger partial charge is 0.338 e. The molecule has 0 fully saturated rings. The lowest BCUT2D eigenvalue weighted by atomic mass is 10.1. The number of nitrogens with zero attached hydrogens (tertiary/aromatic N) is 1. The fraction of sp³-hybridized carbons (Fsp3) is 0.235. The normalized spacial score (nSPS) is 10.2. The minimum atomic E-state index is -0.462. The van der Waals surface area contributed by atoms with Gasteiger partial charge in [-0.1, -0.05) is 30.3 Å². The molecule has 23 heavy (non-hydrogen) atoms. The van der Waals surface area contributed by atoms with Gasteiger partial charge in [0, 0.05) is 12.6 Å². The SMILES string of the molecule is Cc1ccccc1CCNC(=O)Nc1cccc([N+](=O)[O-])c1C. The molecule has 2 N–H and O–H groups in total. The molecule has 6 nitrogen and oxygen atoms in total. The van der Waals surface area contributed by atoms with E-state index in [0.29, 0.717) is 17.8 Å². The summed E-state index contributed by atoms with van der Waals surface area (Å²) in [6.45, 7) is 4.13. The quantitative estimate of drug-likeness (QED) is 0.653. The first-order chi connectivity index (χ1) is 11.0. The van der Waals surface area contributed by atoms with Crippen molar-refractivity contribution < 1.29 is 9.72 Å². The number of benzene rings is 2. The minimum absolute atomic E-state index is 0.0114. The lowest BCUT2D eigenvalue weighted by Gasteiger charge is -2.10. The van der Waals surface area contributed by atoms with E-state index in [4.69, 9.17) is 0 Å². The zero-order valence-electron chi connectivity index (χ0n) is 13.1. The highest BCUT2D eigenvalue weighted by Crippen LogP contribution is 2.24. The molecule has 0 heterocycles. The first-order valence-corrected chi connectivity index (χ1v) is 7.32. The first kappa shape index (κ1) is 16.5. The van der Waals surface area contributed by atoms with Crippen LogP contribution in [0.3, 0.4) is 0 Å². The van der Waals surface area contributed by atoms with Crippen LogP contribution in [0.25, 0.3) is 0 Å².